The van der Waals surface area contributed by atoms with Crippen LogP contribution in [-0.4, -0.2) is 41.4 Å². The van der Waals surface area contributed by atoms with Crippen molar-refractivity contribution in [1.29, 1.82) is 0 Å². The summed E-state index contributed by atoms with van der Waals surface area (Å²) in [5.74, 6) is -4.14. The van der Waals surface area contributed by atoms with Crippen molar-refractivity contribution in [3.63, 3.8) is 0 Å². The number of amides is 1. The Morgan fingerprint density at radius 1 is 1.11 bits per heavy atom. The van der Waals surface area contributed by atoms with Gasteiger partial charge in [0.05, 0.1) is 28.7 Å². The molecule has 1 amide bonds. The van der Waals surface area contributed by atoms with Gasteiger partial charge in [0.25, 0.3) is 5.91 Å². The Morgan fingerprint density at radius 3 is 2.66 bits per heavy atom. The predicted molar refractivity (Wildman–Crippen MR) is 120 cm³/mol. The van der Waals surface area contributed by atoms with Crippen LogP contribution in [0.4, 0.5) is 13.2 Å². The van der Waals surface area contributed by atoms with Gasteiger partial charge >= 0.3 is 0 Å². The van der Waals surface area contributed by atoms with E-state index >= 15 is 0 Å². The molecule has 0 aliphatic carbocycles. The number of carbonyl (C=O) groups is 1. The van der Waals surface area contributed by atoms with Gasteiger partial charge in [-0.3, -0.25) is 14.5 Å². The molecule has 2 atom stereocenters. The van der Waals surface area contributed by atoms with Gasteiger partial charge < -0.3 is 4.90 Å². The Morgan fingerprint density at radius 2 is 1.91 bits per heavy atom. The molecule has 1 aromatic carbocycles. The lowest BCUT2D eigenvalue weighted by molar-refractivity contribution is 0.0391. The smallest absolute Gasteiger partial charge is 0.258 e. The average molecular weight is 478 g/mol. The molecular weight excluding hydrogens is 457 g/mol. The molecule has 1 fully saturated rings. The van der Waals surface area contributed by atoms with Crippen LogP contribution in [0.2, 0.25) is 0 Å². The van der Waals surface area contributed by atoms with Crippen LogP contribution in [0, 0.1) is 17.5 Å². The highest BCUT2D eigenvalue weighted by atomic mass is 19.2. The fourth-order valence-electron chi connectivity index (χ4n) is 5.50. The highest BCUT2D eigenvalue weighted by Gasteiger charge is 2.44. The third-order valence-corrected chi connectivity index (χ3v) is 6.95. The van der Waals surface area contributed by atoms with Crippen molar-refractivity contribution < 1.29 is 18.0 Å². The number of nitrogens with zero attached hydrogens (tertiary/aromatic N) is 6. The molecule has 3 aromatic heterocycles. The zero-order valence-corrected chi connectivity index (χ0v) is 18.8. The molecule has 35 heavy (non-hydrogen) atoms. The lowest BCUT2D eigenvalue weighted by atomic mass is 9.81. The van der Waals surface area contributed by atoms with Crippen LogP contribution in [0.1, 0.15) is 46.9 Å². The predicted octanol–water partition coefficient (Wildman–Crippen LogP) is 4.38. The first-order valence-corrected chi connectivity index (χ1v) is 11.4. The van der Waals surface area contributed by atoms with Crippen LogP contribution in [0.25, 0.3) is 16.9 Å². The van der Waals surface area contributed by atoms with E-state index in [0.717, 1.165) is 37.0 Å². The lowest BCUT2D eigenvalue weighted by Crippen LogP contribution is -2.50. The highest BCUT2D eigenvalue weighted by molar-refractivity contribution is 5.98. The fourth-order valence-corrected chi connectivity index (χ4v) is 5.50. The van der Waals surface area contributed by atoms with Gasteiger partial charge in [-0.15, -0.1) is 0 Å². The van der Waals surface area contributed by atoms with Gasteiger partial charge in [-0.05, 0) is 49.9 Å². The summed E-state index contributed by atoms with van der Waals surface area (Å²) in [6, 6.07) is 5.13. The number of aromatic nitrogens is 5. The summed E-state index contributed by atoms with van der Waals surface area (Å²) in [5.41, 5.74) is 3.40. The van der Waals surface area contributed by atoms with Crippen LogP contribution >= 0.6 is 0 Å². The zero-order chi connectivity index (χ0) is 24.3. The number of piperidine rings is 1. The molecule has 0 saturated carbocycles. The van der Waals surface area contributed by atoms with Crippen LogP contribution in [0.3, 0.4) is 0 Å². The highest BCUT2D eigenvalue weighted by Crippen LogP contribution is 2.45. The zero-order valence-electron chi connectivity index (χ0n) is 18.8. The SMILES string of the molecule is Cn1nc2c(c1-c1cc(F)c(F)c(F)c1)C[C@H]1CCC[C@@H]2N1C(=O)c1cnccc1-n1cccn1. The first-order chi connectivity index (χ1) is 16.9. The number of aryl methyl sites for hydroxylation is 1. The monoisotopic (exact) mass is 478 g/mol. The van der Waals surface area contributed by atoms with E-state index in [-0.39, 0.29) is 23.6 Å². The quantitative estimate of drug-likeness (QED) is 0.410. The van der Waals surface area contributed by atoms with Crippen molar-refractivity contribution in [2.24, 2.45) is 7.05 Å². The van der Waals surface area contributed by atoms with E-state index in [1.165, 1.54) is 0 Å². The molecule has 7 nitrogen and oxygen atoms in total. The van der Waals surface area contributed by atoms with Gasteiger partial charge in [-0.25, -0.2) is 17.9 Å². The van der Waals surface area contributed by atoms with Crippen LogP contribution in [-0.2, 0) is 13.5 Å². The molecule has 2 aliphatic rings. The summed E-state index contributed by atoms with van der Waals surface area (Å²) < 4.78 is 44.8. The summed E-state index contributed by atoms with van der Waals surface area (Å²) in [4.78, 5) is 20.0. The van der Waals surface area contributed by atoms with Crippen molar-refractivity contribution in [3.05, 3.63) is 83.3 Å². The molecule has 0 spiro atoms. The van der Waals surface area contributed by atoms with E-state index in [2.05, 4.69) is 15.2 Å². The first-order valence-electron chi connectivity index (χ1n) is 11.4. The minimum Gasteiger partial charge on any atom is -0.327 e. The molecule has 5 heterocycles. The van der Waals surface area contributed by atoms with Crippen molar-refractivity contribution >= 4 is 5.91 Å². The molecule has 0 radical (unpaired) electrons. The maximum Gasteiger partial charge on any atom is 0.258 e. The Balaban J connectivity index is 1.44. The summed E-state index contributed by atoms with van der Waals surface area (Å²) in [5, 5.41) is 8.95. The second-order valence-corrected chi connectivity index (χ2v) is 8.95. The number of pyridine rings is 1. The summed E-state index contributed by atoms with van der Waals surface area (Å²) in [7, 11) is 1.69. The second-order valence-electron chi connectivity index (χ2n) is 8.95. The Labute approximate surface area is 198 Å². The number of fused-ring (bicyclic) bond motifs is 4. The number of halogens is 3. The van der Waals surface area contributed by atoms with Crippen LogP contribution in [0.15, 0.2) is 49.1 Å². The minimum atomic E-state index is -1.50. The molecule has 10 heteroatoms. The van der Waals surface area contributed by atoms with Gasteiger partial charge in [0.15, 0.2) is 17.5 Å². The molecule has 2 bridgehead atoms. The maximum absolute atomic E-state index is 14.0. The molecule has 178 valence electrons. The number of benzene rings is 1. The number of hydrogen-bond donors (Lipinski definition) is 0. The van der Waals surface area contributed by atoms with E-state index in [0.29, 0.717) is 29.1 Å². The largest absolute Gasteiger partial charge is 0.327 e. The van der Waals surface area contributed by atoms with Gasteiger partial charge in [-0.1, -0.05) is 0 Å². The normalized spacial score (nSPS) is 19.0. The standard InChI is InChI=1S/C25H21F3N6O/c1-32-24(14-10-18(26)22(28)19(27)11-14)16-12-15-4-2-5-21(23(16)31-32)34(15)25(35)17-13-29-8-6-20(17)33-9-3-7-30-33/h3,6-11,13,15,21H,2,4-5,12H2,1H3/t15-,21+/m1/s1. The van der Waals surface area contributed by atoms with Crippen molar-refractivity contribution in [1.82, 2.24) is 29.4 Å². The average Bonchev–Trinajstić information content (AvgIpc) is 3.49. The minimum absolute atomic E-state index is 0.113. The van der Waals surface area contributed by atoms with Crippen LogP contribution in [0.5, 0.6) is 0 Å². The number of carbonyl (C=O) groups excluding carboxylic acids is 1. The van der Waals surface area contributed by atoms with E-state index < -0.39 is 17.5 Å². The Kier molecular flexibility index (Phi) is 4.98. The van der Waals surface area contributed by atoms with Gasteiger partial charge in [0.1, 0.15) is 0 Å². The van der Waals surface area contributed by atoms with Gasteiger partial charge in [-0.2, -0.15) is 10.2 Å². The fraction of sp³-hybridized carbons (Fsp3) is 0.280. The van der Waals surface area contributed by atoms with E-state index in [1.54, 1.807) is 53.3 Å². The lowest BCUT2D eigenvalue weighted by Gasteiger charge is -2.45. The Hall–Kier alpha value is -3.95. The summed E-state index contributed by atoms with van der Waals surface area (Å²) in [6.07, 6.45) is 9.52. The summed E-state index contributed by atoms with van der Waals surface area (Å²) in [6.45, 7) is 0. The summed E-state index contributed by atoms with van der Waals surface area (Å²) >= 11 is 0. The molecule has 2 aliphatic heterocycles. The van der Waals surface area contributed by atoms with Crippen molar-refractivity contribution in [2.45, 2.75) is 37.8 Å². The first kappa shape index (κ1) is 21.6. The van der Waals surface area contributed by atoms with Crippen molar-refractivity contribution in [2.75, 3.05) is 0 Å². The van der Waals surface area contributed by atoms with Crippen LogP contribution < -0.4 is 0 Å². The third kappa shape index (κ3) is 3.35. The molecule has 0 N–H and O–H groups in total. The number of hydrogen-bond acceptors (Lipinski definition) is 4. The number of rotatable bonds is 3. The second kappa shape index (κ2) is 8.07. The molecule has 4 aromatic rings. The molecule has 6 rings (SSSR count). The Bertz CT molecular complexity index is 1420. The maximum atomic E-state index is 14.0. The van der Waals surface area contributed by atoms with Gasteiger partial charge in [0, 0.05) is 49.0 Å². The van der Waals surface area contributed by atoms with Gasteiger partial charge in [0.2, 0.25) is 0 Å². The van der Waals surface area contributed by atoms with Crippen molar-refractivity contribution in [3.8, 4) is 16.9 Å². The van der Waals surface area contributed by atoms with E-state index in [1.807, 2.05) is 4.90 Å². The molecular formula is C25H21F3N6O. The van der Waals surface area contributed by atoms with E-state index in [9.17, 15) is 18.0 Å². The molecule has 1 saturated heterocycles. The topological polar surface area (TPSA) is 68.8 Å². The molecule has 0 unspecified atom stereocenters. The third-order valence-electron chi connectivity index (χ3n) is 6.95. The van der Waals surface area contributed by atoms with E-state index in [4.69, 9.17) is 0 Å².